The third-order valence-corrected chi connectivity index (χ3v) is 6.52. The lowest BCUT2D eigenvalue weighted by Gasteiger charge is -2.14. The van der Waals surface area contributed by atoms with Gasteiger partial charge in [0.2, 0.25) is 0 Å². The largest absolute Gasteiger partial charge is 0.312 e. The highest BCUT2D eigenvalue weighted by atomic mass is 79.9. The van der Waals surface area contributed by atoms with Crippen LogP contribution in [-0.2, 0) is 18.6 Å². The van der Waals surface area contributed by atoms with Crippen molar-refractivity contribution in [2.75, 3.05) is 12.8 Å². The van der Waals surface area contributed by atoms with Crippen molar-refractivity contribution in [1.29, 1.82) is 0 Å². The van der Waals surface area contributed by atoms with Gasteiger partial charge in [-0.3, -0.25) is 0 Å². The number of benzene rings is 1. The monoisotopic (exact) mass is 367 g/mol. The lowest BCUT2D eigenvalue weighted by atomic mass is 10.0. The van der Waals surface area contributed by atoms with Crippen molar-refractivity contribution >= 4 is 39.0 Å². The average molecular weight is 368 g/mol. The van der Waals surface area contributed by atoms with Crippen LogP contribution in [0.1, 0.15) is 26.9 Å². The molecule has 1 aliphatic heterocycles. The summed E-state index contributed by atoms with van der Waals surface area (Å²) in [6.45, 7) is 0. The van der Waals surface area contributed by atoms with Crippen LogP contribution in [0.25, 0.3) is 0 Å². The first-order valence-electron chi connectivity index (χ1n) is 6.87. The molecule has 0 amide bonds. The Hall–Kier alpha value is -0.290. The minimum absolute atomic E-state index is 0.421. The smallest absolute Gasteiger partial charge is 0.0453 e. The maximum Gasteiger partial charge on any atom is 0.0453 e. The number of nitrogens with one attached hydrogen (secondary N) is 1. The first-order chi connectivity index (χ1) is 9.76. The summed E-state index contributed by atoms with van der Waals surface area (Å²) < 4.78 is 1.16. The molecular formula is C16H18BrNS2. The Bertz CT molecular complexity index is 570. The number of halogens is 1. The molecule has 0 spiro atoms. The Morgan fingerprint density at radius 3 is 3.00 bits per heavy atom. The van der Waals surface area contributed by atoms with E-state index in [4.69, 9.17) is 0 Å². The van der Waals surface area contributed by atoms with Crippen LogP contribution in [0.2, 0.25) is 0 Å². The molecule has 3 rings (SSSR count). The van der Waals surface area contributed by atoms with Crippen LogP contribution >= 0.6 is 39.0 Å². The van der Waals surface area contributed by atoms with E-state index in [-0.39, 0.29) is 0 Å². The van der Waals surface area contributed by atoms with Crippen LogP contribution < -0.4 is 5.32 Å². The van der Waals surface area contributed by atoms with E-state index in [1.807, 2.05) is 11.3 Å². The summed E-state index contributed by atoms with van der Waals surface area (Å²) in [6.07, 6.45) is 2.29. The molecule has 20 heavy (non-hydrogen) atoms. The number of rotatable bonds is 4. The fourth-order valence-electron chi connectivity index (χ4n) is 2.59. The molecule has 106 valence electrons. The third kappa shape index (κ3) is 3.30. The van der Waals surface area contributed by atoms with E-state index in [1.54, 1.807) is 10.4 Å². The molecule has 0 fully saturated rings. The predicted octanol–water partition coefficient (Wildman–Crippen LogP) is 4.80. The molecule has 1 atom stereocenters. The molecule has 1 aliphatic rings. The highest BCUT2D eigenvalue weighted by molar-refractivity contribution is 9.10. The Morgan fingerprint density at radius 1 is 1.35 bits per heavy atom. The molecule has 2 heterocycles. The van der Waals surface area contributed by atoms with Crippen LogP contribution in [0.15, 0.2) is 34.8 Å². The lowest BCUT2D eigenvalue weighted by Crippen LogP contribution is -2.17. The van der Waals surface area contributed by atoms with E-state index in [0.717, 1.165) is 10.9 Å². The molecular weight excluding hydrogens is 350 g/mol. The number of fused-ring (bicyclic) bond motifs is 1. The molecule has 1 aromatic carbocycles. The van der Waals surface area contributed by atoms with E-state index in [9.17, 15) is 0 Å². The van der Waals surface area contributed by atoms with E-state index in [1.165, 1.54) is 28.4 Å². The van der Waals surface area contributed by atoms with Crippen molar-refractivity contribution in [3.05, 3.63) is 55.7 Å². The molecule has 1 N–H and O–H groups in total. The molecule has 1 aromatic heterocycles. The van der Waals surface area contributed by atoms with Crippen LogP contribution in [0.4, 0.5) is 0 Å². The summed E-state index contributed by atoms with van der Waals surface area (Å²) in [6, 6.07) is 11.5. The normalized spacial score (nSPS) is 15.9. The summed E-state index contributed by atoms with van der Waals surface area (Å²) in [5.74, 6) is 2.47. The van der Waals surface area contributed by atoms with Gasteiger partial charge >= 0.3 is 0 Å². The fourth-order valence-corrected chi connectivity index (χ4v) is 5.52. The third-order valence-electron chi connectivity index (χ3n) is 3.67. The van der Waals surface area contributed by atoms with Crippen LogP contribution in [0.3, 0.4) is 0 Å². The van der Waals surface area contributed by atoms with Crippen molar-refractivity contribution in [3.63, 3.8) is 0 Å². The SMILES string of the molecule is CNC(Cc1cccc(Br)c1)c1cc2c(s1)CCSC2. The van der Waals surface area contributed by atoms with Gasteiger partial charge in [-0.05, 0) is 55.0 Å². The predicted molar refractivity (Wildman–Crippen MR) is 93.8 cm³/mol. The van der Waals surface area contributed by atoms with Crippen molar-refractivity contribution in [2.45, 2.75) is 24.6 Å². The van der Waals surface area contributed by atoms with Crippen molar-refractivity contribution in [3.8, 4) is 0 Å². The van der Waals surface area contributed by atoms with Gasteiger partial charge in [-0.1, -0.05) is 28.1 Å². The van der Waals surface area contributed by atoms with E-state index in [2.05, 4.69) is 70.4 Å². The summed E-state index contributed by atoms with van der Waals surface area (Å²) in [5, 5.41) is 3.48. The van der Waals surface area contributed by atoms with E-state index < -0.39 is 0 Å². The van der Waals surface area contributed by atoms with E-state index >= 15 is 0 Å². The van der Waals surface area contributed by atoms with Crippen LogP contribution in [0, 0.1) is 0 Å². The van der Waals surface area contributed by atoms with Crippen LogP contribution in [0.5, 0.6) is 0 Å². The second-order valence-corrected chi connectivity index (χ2v) is 8.26. The number of thiophene rings is 1. The van der Waals surface area contributed by atoms with Gasteiger partial charge in [-0.2, -0.15) is 11.8 Å². The molecule has 0 bridgehead atoms. The zero-order valence-electron chi connectivity index (χ0n) is 11.5. The first-order valence-corrected chi connectivity index (χ1v) is 9.63. The van der Waals surface area contributed by atoms with Gasteiger partial charge in [0.15, 0.2) is 0 Å². The standard InChI is InChI=1S/C16H18BrNS2/c1-18-14(8-11-3-2-4-13(17)7-11)16-9-12-10-19-6-5-15(12)20-16/h2-4,7,9,14,18H,5-6,8,10H2,1H3. The number of hydrogen-bond donors (Lipinski definition) is 1. The summed E-state index contributed by atoms with van der Waals surface area (Å²) in [7, 11) is 2.07. The molecule has 4 heteroatoms. The lowest BCUT2D eigenvalue weighted by molar-refractivity contribution is 0.602. The second kappa shape index (κ2) is 6.65. The quantitative estimate of drug-likeness (QED) is 0.832. The number of aryl methyl sites for hydroxylation is 1. The van der Waals surface area contributed by atoms with Crippen molar-refractivity contribution in [1.82, 2.24) is 5.32 Å². The maximum atomic E-state index is 3.56. The molecule has 0 saturated carbocycles. The number of thioether (sulfide) groups is 1. The summed E-state index contributed by atoms with van der Waals surface area (Å²) >= 11 is 7.62. The van der Waals surface area contributed by atoms with Crippen LogP contribution in [-0.4, -0.2) is 12.8 Å². The highest BCUT2D eigenvalue weighted by Crippen LogP contribution is 2.35. The molecule has 0 saturated heterocycles. The zero-order chi connectivity index (χ0) is 13.9. The fraction of sp³-hybridized carbons (Fsp3) is 0.375. The van der Waals surface area contributed by atoms with E-state index in [0.29, 0.717) is 6.04 Å². The number of hydrogen-bond acceptors (Lipinski definition) is 3. The van der Waals surface area contributed by atoms with Gasteiger partial charge in [-0.15, -0.1) is 11.3 Å². The minimum Gasteiger partial charge on any atom is -0.312 e. The molecule has 0 aliphatic carbocycles. The Labute approximate surface area is 137 Å². The highest BCUT2D eigenvalue weighted by Gasteiger charge is 2.18. The Balaban J connectivity index is 1.81. The minimum atomic E-state index is 0.421. The molecule has 1 nitrogen and oxygen atoms in total. The first kappa shape index (κ1) is 14.6. The van der Waals surface area contributed by atoms with Crippen molar-refractivity contribution < 1.29 is 0 Å². The summed E-state index contributed by atoms with van der Waals surface area (Å²) in [4.78, 5) is 3.09. The van der Waals surface area contributed by atoms with Gasteiger partial charge in [0.25, 0.3) is 0 Å². The Kier molecular flexibility index (Phi) is 4.87. The molecule has 1 unspecified atom stereocenters. The van der Waals surface area contributed by atoms with Gasteiger partial charge in [0.1, 0.15) is 0 Å². The summed E-state index contributed by atoms with van der Waals surface area (Å²) in [5.41, 5.74) is 2.94. The second-order valence-electron chi connectivity index (χ2n) is 5.08. The van der Waals surface area contributed by atoms with Gasteiger partial charge in [-0.25, -0.2) is 0 Å². The zero-order valence-corrected chi connectivity index (χ0v) is 14.7. The van der Waals surface area contributed by atoms with Gasteiger partial charge < -0.3 is 5.32 Å². The topological polar surface area (TPSA) is 12.0 Å². The Morgan fingerprint density at radius 2 is 2.25 bits per heavy atom. The van der Waals surface area contributed by atoms with Gasteiger partial charge in [0.05, 0.1) is 0 Å². The molecule has 2 aromatic rings. The van der Waals surface area contributed by atoms with Gasteiger partial charge in [0, 0.05) is 26.0 Å². The van der Waals surface area contributed by atoms with Crippen molar-refractivity contribution in [2.24, 2.45) is 0 Å². The number of likely N-dealkylation sites (N-methyl/N-ethyl adjacent to an activating group) is 1. The molecule has 0 radical (unpaired) electrons. The average Bonchev–Trinajstić information content (AvgIpc) is 2.88. The maximum absolute atomic E-state index is 3.56.